The van der Waals surface area contributed by atoms with Crippen molar-refractivity contribution in [1.82, 2.24) is 5.32 Å². The fourth-order valence-corrected chi connectivity index (χ4v) is 3.12. The Morgan fingerprint density at radius 1 is 1.10 bits per heavy atom. The zero-order valence-electron chi connectivity index (χ0n) is 17.4. The third-order valence-electron chi connectivity index (χ3n) is 4.42. The maximum atomic E-state index is 12.0. The van der Waals surface area contributed by atoms with Crippen LogP contribution >= 0.6 is 12.2 Å². The number of carbonyl (C=O) groups is 1. The number of thiocarbonyl (C=S) groups is 1. The van der Waals surface area contributed by atoms with Crippen LogP contribution in [0.2, 0.25) is 0 Å². The standard InChI is InChI=1S/C23H30N2O3S/c1-4-16-28-21-14-7-6-10-18(21)11-9-15-24-23(29)25-20-13-8-12-19(17(20)3)22(26)27-5-2/h6-8,10,12-14H,4-5,9,11,15-16H2,1-3H3,(H2,24,25,29). The molecular weight excluding hydrogens is 384 g/mol. The first-order chi connectivity index (χ1) is 14.1. The number of para-hydroxylation sites is 1. The van der Waals surface area contributed by atoms with Crippen LogP contribution in [0.15, 0.2) is 42.5 Å². The zero-order chi connectivity index (χ0) is 21.1. The topological polar surface area (TPSA) is 59.6 Å². The Labute approximate surface area is 178 Å². The summed E-state index contributed by atoms with van der Waals surface area (Å²) >= 11 is 5.41. The lowest BCUT2D eigenvalue weighted by Crippen LogP contribution is -2.30. The lowest BCUT2D eigenvalue weighted by molar-refractivity contribution is 0.0525. The average Bonchev–Trinajstić information content (AvgIpc) is 2.72. The Balaban J connectivity index is 1.84. The van der Waals surface area contributed by atoms with Crippen molar-refractivity contribution >= 4 is 29.0 Å². The second-order valence-corrected chi connectivity index (χ2v) is 7.05. The van der Waals surface area contributed by atoms with E-state index >= 15 is 0 Å². The first-order valence-corrected chi connectivity index (χ1v) is 10.5. The van der Waals surface area contributed by atoms with Crippen LogP contribution in [-0.2, 0) is 11.2 Å². The number of hydrogen-bond acceptors (Lipinski definition) is 4. The molecule has 0 saturated heterocycles. The van der Waals surface area contributed by atoms with E-state index in [9.17, 15) is 4.79 Å². The second-order valence-electron chi connectivity index (χ2n) is 6.64. The summed E-state index contributed by atoms with van der Waals surface area (Å²) < 4.78 is 10.9. The molecule has 0 amide bonds. The SMILES string of the molecule is CCCOc1ccccc1CCCNC(=S)Nc1cccc(C(=O)OCC)c1C. The normalized spacial score (nSPS) is 10.3. The van der Waals surface area contributed by atoms with Gasteiger partial charge < -0.3 is 20.1 Å². The van der Waals surface area contributed by atoms with Gasteiger partial charge in [-0.3, -0.25) is 0 Å². The third kappa shape index (κ3) is 7.06. The molecule has 29 heavy (non-hydrogen) atoms. The fourth-order valence-electron chi connectivity index (χ4n) is 2.91. The number of aryl methyl sites for hydroxylation is 1. The predicted molar refractivity (Wildman–Crippen MR) is 122 cm³/mol. The first kappa shape index (κ1) is 22.7. The highest BCUT2D eigenvalue weighted by Crippen LogP contribution is 2.21. The number of anilines is 1. The van der Waals surface area contributed by atoms with E-state index in [2.05, 4.69) is 23.6 Å². The van der Waals surface area contributed by atoms with E-state index < -0.39 is 0 Å². The molecule has 0 aromatic heterocycles. The van der Waals surface area contributed by atoms with E-state index in [1.165, 1.54) is 5.56 Å². The van der Waals surface area contributed by atoms with Gasteiger partial charge in [-0.25, -0.2) is 4.79 Å². The van der Waals surface area contributed by atoms with Crippen molar-refractivity contribution in [2.45, 2.75) is 40.0 Å². The lowest BCUT2D eigenvalue weighted by Gasteiger charge is -2.15. The van der Waals surface area contributed by atoms with Gasteiger partial charge in [0.05, 0.1) is 18.8 Å². The van der Waals surface area contributed by atoms with Gasteiger partial charge in [-0.05, 0) is 74.7 Å². The zero-order valence-corrected chi connectivity index (χ0v) is 18.2. The van der Waals surface area contributed by atoms with E-state index in [-0.39, 0.29) is 5.97 Å². The molecule has 0 radical (unpaired) electrons. The van der Waals surface area contributed by atoms with Gasteiger partial charge in [0.25, 0.3) is 0 Å². The summed E-state index contributed by atoms with van der Waals surface area (Å²) in [5.74, 6) is 0.637. The number of rotatable bonds is 10. The quantitative estimate of drug-likeness (QED) is 0.328. The van der Waals surface area contributed by atoms with Crippen LogP contribution in [0.25, 0.3) is 0 Å². The Morgan fingerprint density at radius 2 is 1.90 bits per heavy atom. The van der Waals surface area contributed by atoms with Crippen LogP contribution in [0.5, 0.6) is 5.75 Å². The van der Waals surface area contributed by atoms with Crippen LogP contribution in [0.3, 0.4) is 0 Å². The molecule has 6 heteroatoms. The minimum absolute atomic E-state index is 0.323. The number of esters is 1. The van der Waals surface area contributed by atoms with Gasteiger partial charge in [-0.1, -0.05) is 31.2 Å². The summed E-state index contributed by atoms with van der Waals surface area (Å²) in [6, 6.07) is 13.6. The molecule has 2 N–H and O–H groups in total. The van der Waals surface area contributed by atoms with Crippen LogP contribution in [0.1, 0.15) is 48.2 Å². The molecule has 0 bridgehead atoms. The largest absolute Gasteiger partial charge is 0.493 e. The molecule has 2 aromatic carbocycles. The molecule has 0 saturated carbocycles. The maximum absolute atomic E-state index is 12.0. The molecule has 0 aliphatic rings. The van der Waals surface area contributed by atoms with Gasteiger partial charge >= 0.3 is 5.97 Å². The number of benzene rings is 2. The van der Waals surface area contributed by atoms with Gasteiger partial charge in [0.15, 0.2) is 5.11 Å². The van der Waals surface area contributed by atoms with Crippen molar-refractivity contribution < 1.29 is 14.3 Å². The number of carbonyl (C=O) groups excluding carboxylic acids is 1. The molecule has 2 aromatic rings. The minimum atomic E-state index is -0.323. The highest BCUT2D eigenvalue weighted by Gasteiger charge is 2.13. The van der Waals surface area contributed by atoms with Crippen molar-refractivity contribution in [3.05, 3.63) is 59.2 Å². The van der Waals surface area contributed by atoms with Crippen molar-refractivity contribution in [3.63, 3.8) is 0 Å². The molecular formula is C23H30N2O3S. The summed E-state index contributed by atoms with van der Waals surface area (Å²) in [7, 11) is 0. The highest BCUT2D eigenvalue weighted by atomic mass is 32.1. The molecule has 0 aliphatic carbocycles. The van der Waals surface area contributed by atoms with Crippen molar-refractivity contribution in [2.75, 3.05) is 25.1 Å². The smallest absolute Gasteiger partial charge is 0.338 e. The van der Waals surface area contributed by atoms with Crippen molar-refractivity contribution in [1.29, 1.82) is 0 Å². The summed E-state index contributed by atoms with van der Waals surface area (Å²) in [4.78, 5) is 12.0. The fraction of sp³-hybridized carbons (Fsp3) is 0.391. The van der Waals surface area contributed by atoms with Crippen LogP contribution in [-0.4, -0.2) is 30.8 Å². The minimum Gasteiger partial charge on any atom is -0.493 e. The summed E-state index contributed by atoms with van der Waals surface area (Å²) in [5.41, 5.74) is 3.37. The Bertz CT molecular complexity index is 824. The number of ether oxygens (including phenoxy) is 2. The molecule has 5 nitrogen and oxygen atoms in total. The van der Waals surface area contributed by atoms with E-state index in [4.69, 9.17) is 21.7 Å². The van der Waals surface area contributed by atoms with Gasteiger partial charge in [0.2, 0.25) is 0 Å². The van der Waals surface area contributed by atoms with E-state index in [0.717, 1.165) is 49.4 Å². The van der Waals surface area contributed by atoms with E-state index in [0.29, 0.717) is 17.3 Å². The number of nitrogens with one attached hydrogen (secondary N) is 2. The molecule has 0 aliphatic heterocycles. The molecule has 156 valence electrons. The average molecular weight is 415 g/mol. The van der Waals surface area contributed by atoms with Gasteiger partial charge in [0.1, 0.15) is 5.75 Å². The van der Waals surface area contributed by atoms with Crippen LogP contribution < -0.4 is 15.4 Å². The molecule has 0 heterocycles. The summed E-state index contributed by atoms with van der Waals surface area (Å²) in [6.45, 7) is 7.60. The monoisotopic (exact) mass is 414 g/mol. The maximum Gasteiger partial charge on any atom is 0.338 e. The summed E-state index contributed by atoms with van der Waals surface area (Å²) in [6.07, 6.45) is 2.83. The molecule has 2 rings (SSSR count). The van der Waals surface area contributed by atoms with Gasteiger partial charge in [-0.2, -0.15) is 0 Å². The number of hydrogen-bond donors (Lipinski definition) is 2. The van der Waals surface area contributed by atoms with Crippen LogP contribution in [0.4, 0.5) is 5.69 Å². The third-order valence-corrected chi connectivity index (χ3v) is 4.67. The van der Waals surface area contributed by atoms with E-state index in [1.54, 1.807) is 13.0 Å². The van der Waals surface area contributed by atoms with Gasteiger partial charge in [-0.15, -0.1) is 0 Å². The molecule has 0 atom stereocenters. The molecule has 0 unspecified atom stereocenters. The molecule has 0 fully saturated rings. The van der Waals surface area contributed by atoms with Crippen molar-refractivity contribution in [3.8, 4) is 5.75 Å². The van der Waals surface area contributed by atoms with Crippen LogP contribution in [0, 0.1) is 6.92 Å². The second kappa shape index (κ2) is 12.1. The Morgan fingerprint density at radius 3 is 2.66 bits per heavy atom. The summed E-state index contributed by atoms with van der Waals surface area (Å²) in [5, 5.41) is 6.93. The first-order valence-electron chi connectivity index (χ1n) is 10.1. The van der Waals surface area contributed by atoms with Crippen molar-refractivity contribution in [2.24, 2.45) is 0 Å². The molecule has 0 spiro atoms. The highest BCUT2D eigenvalue weighted by molar-refractivity contribution is 7.80. The predicted octanol–water partition coefficient (Wildman–Crippen LogP) is 4.88. The van der Waals surface area contributed by atoms with E-state index in [1.807, 2.05) is 37.3 Å². The van der Waals surface area contributed by atoms with Gasteiger partial charge in [0, 0.05) is 12.2 Å². The lowest BCUT2D eigenvalue weighted by atomic mass is 10.1. The Hall–Kier alpha value is -2.60. The Kier molecular flexibility index (Phi) is 9.44.